The lowest BCUT2D eigenvalue weighted by Crippen LogP contribution is -2.44. The summed E-state index contributed by atoms with van der Waals surface area (Å²) in [5, 5.41) is 4.19. The Labute approximate surface area is 171 Å². The number of hydrazine groups is 1. The average Bonchev–Trinajstić information content (AvgIpc) is 3.37. The molecule has 1 fully saturated rings. The number of aromatic nitrogens is 1. The second-order valence-corrected chi connectivity index (χ2v) is 7.36. The van der Waals surface area contributed by atoms with Crippen LogP contribution in [0.5, 0.6) is 5.75 Å². The number of ether oxygens (including phenoxy) is 1. The number of amides is 1. The summed E-state index contributed by atoms with van der Waals surface area (Å²) in [4.78, 5) is 12.6. The smallest absolute Gasteiger partial charge is 0.252 e. The van der Waals surface area contributed by atoms with E-state index < -0.39 is 0 Å². The van der Waals surface area contributed by atoms with E-state index in [4.69, 9.17) is 4.74 Å². The van der Waals surface area contributed by atoms with Crippen molar-refractivity contribution in [3.63, 3.8) is 0 Å². The SMILES string of the molecule is CCc1ccc(C(=O)NC2CC(c3cc4c(OC)cccc4n3CC)NN2)cc1. The Hall–Kier alpha value is -2.83. The zero-order valence-electron chi connectivity index (χ0n) is 17.2. The van der Waals surface area contributed by atoms with E-state index in [2.05, 4.69) is 46.7 Å². The van der Waals surface area contributed by atoms with Crippen molar-refractivity contribution in [1.82, 2.24) is 20.7 Å². The minimum Gasteiger partial charge on any atom is -0.496 e. The molecule has 2 unspecified atom stereocenters. The maximum absolute atomic E-state index is 12.6. The summed E-state index contributed by atoms with van der Waals surface area (Å²) < 4.78 is 7.83. The molecule has 0 aliphatic carbocycles. The van der Waals surface area contributed by atoms with Gasteiger partial charge in [-0.1, -0.05) is 25.1 Å². The van der Waals surface area contributed by atoms with Crippen LogP contribution in [-0.2, 0) is 13.0 Å². The summed E-state index contributed by atoms with van der Waals surface area (Å²) in [7, 11) is 1.70. The van der Waals surface area contributed by atoms with Crippen LogP contribution in [0.3, 0.4) is 0 Å². The fourth-order valence-corrected chi connectivity index (χ4v) is 4.08. The van der Waals surface area contributed by atoms with E-state index >= 15 is 0 Å². The highest BCUT2D eigenvalue weighted by Crippen LogP contribution is 2.33. The molecule has 3 N–H and O–H groups in total. The average molecular weight is 393 g/mol. The third-order valence-corrected chi connectivity index (χ3v) is 5.66. The Morgan fingerprint density at radius 2 is 1.97 bits per heavy atom. The number of fused-ring (bicyclic) bond motifs is 1. The van der Waals surface area contributed by atoms with Crippen LogP contribution in [0.2, 0.25) is 0 Å². The molecule has 0 radical (unpaired) electrons. The summed E-state index contributed by atoms with van der Waals surface area (Å²) in [5.74, 6) is 0.813. The maximum Gasteiger partial charge on any atom is 0.252 e. The molecule has 2 heterocycles. The molecule has 4 rings (SSSR count). The van der Waals surface area contributed by atoms with Gasteiger partial charge in [0.25, 0.3) is 5.91 Å². The minimum absolute atomic E-state index is 0.0645. The second kappa shape index (κ2) is 8.27. The van der Waals surface area contributed by atoms with Crippen LogP contribution in [0.1, 0.15) is 47.9 Å². The van der Waals surface area contributed by atoms with E-state index in [1.54, 1.807) is 7.11 Å². The number of benzene rings is 2. The molecule has 152 valence electrons. The third-order valence-electron chi connectivity index (χ3n) is 5.66. The van der Waals surface area contributed by atoms with Crippen molar-refractivity contribution >= 4 is 16.8 Å². The van der Waals surface area contributed by atoms with Crippen molar-refractivity contribution in [3.8, 4) is 5.75 Å². The van der Waals surface area contributed by atoms with Crippen LogP contribution in [0, 0.1) is 0 Å². The first-order valence-electron chi connectivity index (χ1n) is 10.2. The summed E-state index contributed by atoms with van der Waals surface area (Å²) in [5.41, 5.74) is 10.8. The zero-order chi connectivity index (χ0) is 20.4. The molecule has 1 aliphatic heterocycles. The molecule has 0 saturated carbocycles. The fraction of sp³-hybridized carbons (Fsp3) is 0.348. The largest absolute Gasteiger partial charge is 0.496 e. The number of hydrogen-bond donors (Lipinski definition) is 3. The molecule has 6 nitrogen and oxygen atoms in total. The van der Waals surface area contributed by atoms with Gasteiger partial charge in [-0.15, -0.1) is 0 Å². The van der Waals surface area contributed by atoms with Crippen molar-refractivity contribution in [3.05, 3.63) is 65.4 Å². The van der Waals surface area contributed by atoms with Crippen LogP contribution >= 0.6 is 0 Å². The molecular formula is C23H28N4O2. The Kier molecular flexibility index (Phi) is 5.56. The van der Waals surface area contributed by atoms with Crippen LogP contribution in [0.4, 0.5) is 0 Å². The van der Waals surface area contributed by atoms with Gasteiger partial charge < -0.3 is 14.6 Å². The molecule has 3 aromatic rings. The van der Waals surface area contributed by atoms with Gasteiger partial charge in [0.15, 0.2) is 0 Å². The fourth-order valence-electron chi connectivity index (χ4n) is 4.08. The Bertz CT molecular complexity index is 1010. The van der Waals surface area contributed by atoms with Crippen molar-refractivity contribution in [2.45, 2.75) is 45.4 Å². The number of methoxy groups -OCH3 is 1. The molecule has 0 spiro atoms. The lowest BCUT2D eigenvalue weighted by molar-refractivity contribution is 0.0932. The number of rotatable bonds is 6. The van der Waals surface area contributed by atoms with Gasteiger partial charge in [-0.3, -0.25) is 4.79 Å². The quantitative estimate of drug-likeness (QED) is 0.600. The van der Waals surface area contributed by atoms with E-state index in [0.29, 0.717) is 5.56 Å². The molecule has 2 atom stereocenters. The number of hydrogen-bond acceptors (Lipinski definition) is 4. The highest BCUT2D eigenvalue weighted by Gasteiger charge is 2.29. The van der Waals surface area contributed by atoms with Crippen molar-refractivity contribution in [2.24, 2.45) is 0 Å². The van der Waals surface area contributed by atoms with E-state index in [9.17, 15) is 4.79 Å². The predicted octanol–water partition coefficient (Wildman–Crippen LogP) is 3.53. The van der Waals surface area contributed by atoms with Crippen LogP contribution < -0.4 is 20.9 Å². The van der Waals surface area contributed by atoms with Gasteiger partial charge >= 0.3 is 0 Å². The van der Waals surface area contributed by atoms with Crippen LogP contribution in [-0.4, -0.2) is 23.7 Å². The maximum atomic E-state index is 12.6. The standard InChI is InChI=1S/C23H28N4O2/c1-4-15-9-11-16(12-10-15)23(28)24-22-14-18(25-26-22)20-13-17-19(27(20)5-2)7-6-8-21(17)29-3/h6-13,18,22,25-26H,4-5,14H2,1-3H3,(H,24,28). The number of nitrogens with one attached hydrogen (secondary N) is 3. The molecule has 1 aromatic heterocycles. The van der Waals surface area contributed by atoms with E-state index in [0.717, 1.165) is 36.0 Å². The van der Waals surface area contributed by atoms with E-state index in [1.807, 2.05) is 36.4 Å². The van der Waals surface area contributed by atoms with Gasteiger partial charge in [0.05, 0.1) is 24.8 Å². The first kappa shape index (κ1) is 19.5. The normalized spacial score (nSPS) is 18.9. The van der Waals surface area contributed by atoms with Crippen molar-refractivity contribution in [1.29, 1.82) is 0 Å². The lowest BCUT2D eigenvalue weighted by atomic mass is 10.1. The Morgan fingerprint density at radius 1 is 1.17 bits per heavy atom. The molecular weight excluding hydrogens is 364 g/mol. The summed E-state index contributed by atoms with van der Waals surface area (Å²) >= 11 is 0. The second-order valence-electron chi connectivity index (χ2n) is 7.36. The molecule has 29 heavy (non-hydrogen) atoms. The summed E-state index contributed by atoms with van der Waals surface area (Å²) in [6.07, 6.45) is 1.59. The topological polar surface area (TPSA) is 67.3 Å². The van der Waals surface area contributed by atoms with Crippen LogP contribution in [0.25, 0.3) is 10.9 Å². The first-order valence-corrected chi connectivity index (χ1v) is 10.2. The zero-order valence-corrected chi connectivity index (χ0v) is 17.2. The summed E-state index contributed by atoms with van der Waals surface area (Å²) in [6, 6.07) is 16.2. The van der Waals surface area contributed by atoms with Gasteiger partial charge in [0, 0.05) is 29.6 Å². The summed E-state index contributed by atoms with van der Waals surface area (Å²) in [6.45, 7) is 5.11. The molecule has 0 bridgehead atoms. The molecule has 1 aliphatic rings. The number of aryl methyl sites for hydroxylation is 2. The van der Waals surface area contributed by atoms with E-state index in [-0.39, 0.29) is 18.1 Å². The molecule has 2 aromatic carbocycles. The monoisotopic (exact) mass is 392 g/mol. The predicted molar refractivity (Wildman–Crippen MR) is 115 cm³/mol. The number of carbonyl (C=O) groups is 1. The van der Waals surface area contributed by atoms with Gasteiger partial charge in [-0.05, 0) is 49.2 Å². The molecule has 1 saturated heterocycles. The van der Waals surface area contributed by atoms with Crippen molar-refractivity contribution in [2.75, 3.05) is 7.11 Å². The first-order chi connectivity index (χ1) is 14.1. The van der Waals surface area contributed by atoms with Gasteiger partial charge in [-0.25, -0.2) is 10.9 Å². The lowest BCUT2D eigenvalue weighted by Gasteiger charge is -2.14. The Balaban J connectivity index is 1.50. The highest BCUT2D eigenvalue weighted by molar-refractivity contribution is 5.94. The highest BCUT2D eigenvalue weighted by atomic mass is 16.5. The van der Waals surface area contributed by atoms with Gasteiger partial charge in [0.2, 0.25) is 0 Å². The number of carbonyl (C=O) groups excluding carboxylic acids is 1. The molecule has 6 heteroatoms. The van der Waals surface area contributed by atoms with Crippen LogP contribution in [0.15, 0.2) is 48.5 Å². The van der Waals surface area contributed by atoms with Crippen molar-refractivity contribution < 1.29 is 9.53 Å². The minimum atomic E-state index is -0.136. The van der Waals surface area contributed by atoms with E-state index in [1.165, 1.54) is 11.3 Å². The number of nitrogens with zero attached hydrogens (tertiary/aromatic N) is 1. The Morgan fingerprint density at radius 3 is 2.66 bits per heavy atom. The van der Waals surface area contributed by atoms with Gasteiger partial charge in [0.1, 0.15) is 5.75 Å². The molecule has 1 amide bonds. The third kappa shape index (κ3) is 3.73. The van der Waals surface area contributed by atoms with Gasteiger partial charge in [-0.2, -0.15) is 0 Å².